The first-order valence-electron chi connectivity index (χ1n) is 8.65. The number of rotatable bonds is 5. The van der Waals surface area contributed by atoms with E-state index in [1.807, 2.05) is 49.7 Å². The Hall–Kier alpha value is -2.50. The summed E-state index contributed by atoms with van der Waals surface area (Å²) >= 11 is 0. The Kier molecular flexibility index (Phi) is 4.97. The van der Waals surface area contributed by atoms with Gasteiger partial charge in [-0.05, 0) is 44.9 Å². The summed E-state index contributed by atoms with van der Waals surface area (Å²) in [5.41, 5.74) is 2.14. The van der Waals surface area contributed by atoms with E-state index in [4.69, 9.17) is 9.47 Å². The van der Waals surface area contributed by atoms with Crippen LogP contribution < -0.4 is 14.8 Å². The lowest BCUT2D eigenvalue weighted by atomic mass is 10.1. The molecule has 1 aliphatic rings. The second-order valence-electron chi connectivity index (χ2n) is 6.77. The van der Waals surface area contributed by atoms with Crippen molar-refractivity contribution in [3.63, 3.8) is 0 Å². The summed E-state index contributed by atoms with van der Waals surface area (Å²) in [5.74, 6) is 1.39. The highest BCUT2D eigenvalue weighted by molar-refractivity contribution is 5.82. The highest BCUT2D eigenvalue weighted by Gasteiger charge is 2.33. The van der Waals surface area contributed by atoms with Gasteiger partial charge < -0.3 is 14.8 Å². The molecule has 1 aromatic heterocycles. The van der Waals surface area contributed by atoms with Gasteiger partial charge in [0.05, 0.1) is 5.69 Å². The fourth-order valence-corrected chi connectivity index (χ4v) is 3.00. The zero-order chi connectivity index (χ0) is 18.0. The Labute approximate surface area is 148 Å². The molecule has 1 N–H and O–H groups in total. The fraction of sp³-hybridized carbons (Fsp3) is 0.474. The summed E-state index contributed by atoms with van der Waals surface area (Å²) < 4.78 is 13.6. The van der Waals surface area contributed by atoms with Crippen LogP contribution in [0.5, 0.6) is 11.5 Å². The van der Waals surface area contributed by atoms with E-state index in [1.54, 1.807) is 0 Å². The smallest absolute Gasteiger partial charge is 0.265 e. The molecule has 0 radical (unpaired) electrons. The van der Waals surface area contributed by atoms with E-state index in [9.17, 15) is 4.79 Å². The SMILES string of the molecule is Cc1cc(C)n(C[C@H](C)CNC(=O)[C@H]2Oc3ccccc3O[C@@H]2C)n1. The second kappa shape index (κ2) is 7.17. The van der Waals surface area contributed by atoms with Gasteiger partial charge in [0.2, 0.25) is 6.10 Å². The maximum Gasteiger partial charge on any atom is 0.265 e. The molecule has 0 bridgehead atoms. The van der Waals surface area contributed by atoms with Gasteiger partial charge in [0.15, 0.2) is 11.5 Å². The molecular weight excluding hydrogens is 318 g/mol. The lowest BCUT2D eigenvalue weighted by Crippen LogP contribution is -2.49. The number of fused-ring (bicyclic) bond motifs is 1. The van der Waals surface area contributed by atoms with Crippen LogP contribution in [0.2, 0.25) is 0 Å². The number of hydrogen-bond acceptors (Lipinski definition) is 4. The van der Waals surface area contributed by atoms with Crippen molar-refractivity contribution in [2.45, 2.75) is 46.4 Å². The number of carbonyl (C=O) groups excluding carboxylic acids is 1. The molecule has 6 heteroatoms. The average molecular weight is 343 g/mol. The van der Waals surface area contributed by atoms with Crippen LogP contribution in [-0.2, 0) is 11.3 Å². The minimum atomic E-state index is -0.643. The summed E-state index contributed by atoms with van der Waals surface area (Å²) in [6.07, 6.45) is -0.975. The Morgan fingerprint density at radius 3 is 2.60 bits per heavy atom. The largest absolute Gasteiger partial charge is 0.482 e. The summed E-state index contributed by atoms with van der Waals surface area (Å²) in [7, 11) is 0. The molecule has 6 nitrogen and oxygen atoms in total. The minimum Gasteiger partial charge on any atom is -0.482 e. The highest BCUT2D eigenvalue weighted by atomic mass is 16.6. The quantitative estimate of drug-likeness (QED) is 0.906. The van der Waals surface area contributed by atoms with Gasteiger partial charge >= 0.3 is 0 Å². The molecule has 0 fully saturated rings. The number of carbonyl (C=O) groups is 1. The summed E-state index contributed by atoms with van der Waals surface area (Å²) in [6, 6.07) is 9.46. The third-order valence-corrected chi connectivity index (χ3v) is 4.31. The van der Waals surface area contributed by atoms with Crippen LogP contribution in [0.1, 0.15) is 25.2 Å². The van der Waals surface area contributed by atoms with Crippen LogP contribution in [-0.4, -0.2) is 34.4 Å². The van der Waals surface area contributed by atoms with Crippen molar-refractivity contribution in [2.24, 2.45) is 5.92 Å². The molecule has 3 rings (SSSR count). The number of nitrogens with zero attached hydrogens (tertiary/aromatic N) is 2. The standard InChI is InChI=1S/C19H25N3O3/c1-12(11-22-14(3)9-13(2)21-22)10-20-19(23)18-15(4)24-16-7-5-6-8-17(16)25-18/h5-9,12,15,18H,10-11H2,1-4H3,(H,20,23)/t12-,15-,18+/m1/s1. The number of benzene rings is 1. The first-order valence-corrected chi connectivity index (χ1v) is 8.65. The van der Waals surface area contributed by atoms with Gasteiger partial charge in [-0.25, -0.2) is 0 Å². The third-order valence-electron chi connectivity index (χ3n) is 4.31. The topological polar surface area (TPSA) is 65.4 Å². The van der Waals surface area contributed by atoms with Crippen molar-refractivity contribution in [1.82, 2.24) is 15.1 Å². The summed E-state index contributed by atoms with van der Waals surface area (Å²) in [5, 5.41) is 7.44. The van der Waals surface area contributed by atoms with Crippen LogP contribution >= 0.6 is 0 Å². The first-order chi connectivity index (χ1) is 11.9. The summed E-state index contributed by atoms with van der Waals surface area (Å²) in [6.45, 7) is 9.28. The number of amides is 1. The lowest BCUT2D eigenvalue weighted by Gasteiger charge is -2.31. The van der Waals surface area contributed by atoms with E-state index in [0.29, 0.717) is 18.0 Å². The monoisotopic (exact) mass is 343 g/mol. The van der Waals surface area contributed by atoms with Gasteiger partial charge in [0, 0.05) is 18.8 Å². The number of nitrogens with one attached hydrogen (secondary N) is 1. The molecule has 1 amide bonds. The molecule has 1 aromatic carbocycles. The van der Waals surface area contributed by atoms with Crippen molar-refractivity contribution in [1.29, 1.82) is 0 Å². The van der Waals surface area contributed by atoms with Crippen LogP contribution in [0.15, 0.2) is 30.3 Å². The van der Waals surface area contributed by atoms with E-state index in [0.717, 1.165) is 17.9 Å². The van der Waals surface area contributed by atoms with Crippen molar-refractivity contribution >= 4 is 5.91 Å². The molecule has 0 spiro atoms. The van der Waals surface area contributed by atoms with Gasteiger partial charge in [-0.2, -0.15) is 5.10 Å². The lowest BCUT2D eigenvalue weighted by molar-refractivity contribution is -0.133. The molecule has 3 atom stereocenters. The number of aromatic nitrogens is 2. The third kappa shape index (κ3) is 3.95. The van der Waals surface area contributed by atoms with E-state index in [2.05, 4.69) is 23.4 Å². The van der Waals surface area contributed by atoms with Gasteiger partial charge in [0.1, 0.15) is 6.10 Å². The fourth-order valence-electron chi connectivity index (χ4n) is 3.00. The van der Waals surface area contributed by atoms with E-state index in [1.165, 1.54) is 0 Å². The Morgan fingerprint density at radius 1 is 1.28 bits per heavy atom. The van der Waals surface area contributed by atoms with Crippen molar-refractivity contribution in [3.8, 4) is 11.5 Å². The molecule has 0 saturated heterocycles. The number of ether oxygens (including phenoxy) is 2. The number of hydrogen-bond donors (Lipinski definition) is 1. The molecule has 0 unspecified atom stereocenters. The normalized spacial score (nSPS) is 20.2. The van der Waals surface area contributed by atoms with Gasteiger partial charge in [0.25, 0.3) is 5.91 Å². The van der Waals surface area contributed by atoms with Gasteiger partial charge in [-0.15, -0.1) is 0 Å². The molecular formula is C19H25N3O3. The minimum absolute atomic E-state index is 0.151. The van der Waals surface area contributed by atoms with Crippen LogP contribution in [0, 0.1) is 19.8 Å². The van der Waals surface area contributed by atoms with Gasteiger partial charge in [-0.1, -0.05) is 19.1 Å². The zero-order valence-electron chi connectivity index (χ0n) is 15.2. The summed E-state index contributed by atoms with van der Waals surface area (Å²) in [4.78, 5) is 12.5. The Balaban J connectivity index is 1.55. The van der Waals surface area contributed by atoms with Crippen LogP contribution in [0.3, 0.4) is 0 Å². The molecule has 1 aliphatic heterocycles. The van der Waals surface area contributed by atoms with Crippen LogP contribution in [0.25, 0.3) is 0 Å². The maximum atomic E-state index is 12.5. The van der Waals surface area contributed by atoms with Crippen molar-refractivity contribution in [2.75, 3.05) is 6.54 Å². The predicted molar refractivity (Wildman–Crippen MR) is 94.8 cm³/mol. The van der Waals surface area contributed by atoms with E-state index in [-0.39, 0.29) is 17.9 Å². The zero-order valence-corrected chi connectivity index (χ0v) is 15.2. The molecule has 0 saturated carbocycles. The number of para-hydroxylation sites is 2. The molecule has 134 valence electrons. The molecule has 2 heterocycles. The average Bonchev–Trinajstić information content (AvgIpc) is 2.89. The van der Waals surface area contributed by atoms with Crippen LogP contribution in [0.4, 0.5) is 0 Å². The highest BCUT2D eigenvalue weighted by Crippen LogP contribution is 2.33. The maximum absolute atomic E-state index is 12.5. The Bertz CT molecular complexity index is 756. The first kappa shape index (κ1) is 17.3. The predicted octanol–water partition coefficient (Wildman–Crippen LogP) is 2.48. The number of aryl methyl sites for hydroxylation is 2. The van der Waals surface area contributed by atoms with Gasteiger partial charge in [-0.3, -0.25) is 9.48 Å². The molecule has 2 aromatic rings. The second-order valence-corrected chi connectivity index (χ2v) is 6.77. The van der Waals surface area contributed by atoms with E-state index < -0.39 is 6.10 Å². The van der Waals surface area contributed by atoms with Crippen molar-refractivity contribution in [3.05, 3.63) is 41.7 Å². The molecule has 0 aliphatic carbocycles. The van der Waals surface area contributed by atoms with Crippen molar-refractivity contribution < 1.29 is 14.3 Å². The molecule has 25 heavy (non-hydrogen) atoms. The van der Waals surface area contributed by atoms with E-state index >= 15 is 0 Å². The Morgan fingerprint density at radius 2 is 1.96 bits per heavy atom.